The fourth-order valence-electron chi connectivity index (χ4n) is 3.37. The second-order valence-corrected chi connectivity index (χ2v) is 6.76. The Kier molecular flexibility index (Phi) is 6.11. The number of pyridine rings is 1. The van der Waals surface area contributed by atoms with Crippen LogP contribution in [-0.4, -0.2) is 29.8 Å². The largest absolute Gasteiger partial charge is 0.506 e. The van der Waals surface area contributed by atoms with Crippen LogP contribution >= 0.6 is 0 Å². The highest BCUT2D eigenvalue weighted by molar-refractivity contribution is 6.03. The number of ether oxygens (including phenoxy) is 2. The Bertz CT molecular complexity index is 1150. The van der Waals surface area contributed by atoms with Gasteiger partial charge in [-0.05, 0) is 18.6 Å². The lowest BCUT2D eigenvalue weighted by atomic mass is 10.1. The molecule has 1 heterocycles. The number of allylic oxidation sites excluding steroid dienone is 1. The minimum atomic E-state index is -0.664. The third-order valence-corrected chi connectivity index (χ3v) is 4.93. The van der Waals surface area contributed by atoms with E-state index in [0.717, 1.165) is 5.56 Å². The molecule has 30 heavy (non-hydrogen) atoms. The SMILES string of the molecule is C=CCn1c(=O)c(C(=O)NC(C)c2ccccc2)c(O)c2cc(OC)c(OC)cc21. The molecule has 156 valence electrons. The molecule has 1 amide bonds. The van der Waals surface area contributed by atoms with Gasteiger partial charge in [0.05, 0.1) is 25.8 Å². The number of benzene rings is 2. The monoisotopic (exact) mass is 408 g/mol. The number of carbonyl (C=O) groups is 1. The molecule has 0 radical (unpaired) electrons. The van der Waals surface area contributed by atoms with Gasteiger partial charge in [0, 0.05) is 18.0 Å². The first-order valence-electron chi connectivity index (χ1n) is 9.41. The number of hydrogen-bond acceptors (Lipinski definition) is 5. The fourth-order valence-corrected chi connectivity index (χ4v) is 3.37. The van der Waals surface area contributed by atoms with Gasteiger partial charge in [-0.25, -0.2) is 0 Å². The average Bonchev–Trinajstić information content (AvgIpc) is 2.76. The summed E-state index contributed by atoms with van der Waals surface area (Å²) in [5.74, 6) is -0.304. The molecule has 3 aromatic rings. The van der Waals surface area contributed by atoms with Crippen molar-refractivity contribution in [3.05, 3.63) is 76.6 Å². The predicted molar refractivity (Wildman–Crippen MR) is 115 cm³/mol. The standard InChI is InChI=1S/C23H24N2O5/c1-5-11-25-17-13-19(30-4)18(29-3)12-16(17)21(26)20(23(25)28)22(27)24-14(2)15-9-7-6-8-10-15/h5-10,12-14,26H,1,11H2,2-4H3,(H,24,27). The molecule has 0 fully saturated rings. The summed E-state index contributed by atoms with van der Waals surface area (Å²) in [7, 11) is 2.95. The van der Waals surface area contributed by atoms with Crippen molar-refractivity contribution < 1.29 is 19.4 Å². The lowest BCUT2D eigenvalue weighted by Crippen LogP contribution is -2.34. The van der Waals surface area contributed by atoms with Crippen molar-refractivity contribution in [2.75, 3.05) is 14.2 Å². The number of hydrogen-bond donors (Lipinski definition) is 2. The molecule has 7 heteroatoms. The second-order valence-electron chi connectivity index (χ2n) is 6.76. The van der Waals surface area contributed by atoms with Gasteiger partial charge in [0.1, 0.15) is 11.3 Å². The lowest BCUT2D eigenvalue weighted by Gasteiger charge is -2.18. The van der Waals surface area contributed by atoms with Crippen LogP contribution < -0.4 is 20.3 Å². The van der Waals surface area contributed by atoms with E-state index in [9.17, 15) is 14.7 Å². The van der Waals surface area contributed by atoms with Crippen LogP contribution in [0.4, 0.5) is 0 Å². The van der Waals surface area contributed by atoms with Crippen LogP contribution in [0.2, 0.25) is 0 Å². The maximum absolute atomic E-state index is 13.1. The van der Waals surface area contributed by atoms with Crippen LogP contribution in [0, 0.1) is 0 Å². The Hall–Kier alpha value is -3.74. The molecular weight excluding hydrogens is 384 g/mol. The predicted octanol–water partition coefficient (Wildman–Crippen LogP) is 3.40. The Labute approximate surface area is 174 Å². The van der Waals surface area contributed by atoms with Gasteiger partial charge in [0.25, 0.3) is 11.5 Å². The molecule has 2 N–H and O–H groups in total. The number of methoxy groups -OCH3 is 2. The molecule has 1 unspecified atom stereocenters. The summed E-state index contributed by atoms with van der Waals surface area (Å²) in [4.78, 5) is 26.1. The summed E-state index contributed by atoms with van der Waals surface area (Å²) in [5, 5.41) is 13.9. The molecule has 3 rings (SSSR count). The molecular formula is C23H24N2O5. The Morgan fingerprint density at radius 1 is 1.20 bits per heavy atom. The van der Waals surface area contributed by atoms with Gasteiger partial charge in [0.2, 0.25) is 0 Å². The first-order chi connectivity index (χ1) is 14.4. The van der Waals surface area contributed by atoms with Crippen LogP contribution in [0.3, 0.4) is 0 Å². The quantitative estimate of drug-likeness (QED) is 0.585. The summed E-state index contributed by atoms with van der Waals surface area (Å²) >= 11 is 0. The van der Waals surface area contributed by atoms with Crippen LogP contribution in [0.5, 0.6) is 17.2 Å². The summed E-state index contributed by atoms with van der Waals surface area (Å²) < 4.78 is 12.0. The summed E-state index contributed by atoms with van der Waals surface area (Å²) in [6, 6.07) is 12.1. The Morgan fingerprint density at radius 3 is 2.43 bits per heavy atom. The fraction of sp³-hybridized carbons (Fsp3) is 0.217. The average molecular weight is 408 g/mol. The number of aromatic nitrogens is 1. The first kappa shape index (κ1) is 21.0. The minimum Gasteiger partial charge on any atom is -0.506 e. The van der Waals surface area contributed by atoms with E-state index in [0.29, 0.717) is 22.4 Å². The third-order valence-electron chi connectivity index (χ3n) is 4.93. The number of fused-ring (bicyclic) bond motifs is 1. The smallest absolute Gasteiger partial charge is 0.268 e. The molecule has 0 saturated heterocycles. The highest BCUT2D eigenvalue weighted by atomic mass is 16.5. The molecule has 7 nitrogen and oxygen atoms in total. The number of nitrogens with zero attached hydrogens (tertiary/aromatic N) is 1. The van der Waals surface area contributed by atoms with Gasteiger partial charge < -0.3 is 24.5 Å². The van der Waals surface area contributed by atoms with Crippen LogP contribution in [-0.2, 0) is 6.54 Å². The zero-order valence-electron chi connectivity index (χ0n) is 17.1. The van der Waals surface area contributed by atoms with E-state index < -0.39 is 17.2 Å². The van der Waals surface area contributed by atoms with E-state index >= 15 is 0 Å². The van der Waals surface area contributed by atoms with Gasteiger partial charge >= 0.3 is 0 Å². The van der Waals surface area contributed by atoms with Crippen molar-refractivity contribution in [1.29, 1.82) is 0 Å². The van der Waals surface area contributed by atoms with E-state index in [1.807, 2.05) is 37.3 Å². The van der Waals surface area contributed by atoms with E-state index in [4.69, 9.17) is 9.47 Å². The zero-order chi connectivity index (χ0) is 21.8. The maximum atomic E-state index is 13.1. The molecule has 0 aliphatic heterocycles. The molecule has 1 aromatic heterocycles. The van der Waals surface area contributed by atoms with Crippen molar-refractivity contribution in [2.24, 2.45) is 0 Å². The molecule has 0 spiro atoms. The number of amides is 1. The van der Waals surface area contributed by atoms with E-state index in [2.05, 4.69) is 11.9 Å². The van der Waals surface area contributed by atoms with Crippen LogP contribution in [0.25, 0.3) is 10.9 Å². The highest BCUT2D eigenvalue weighted by Gasteiger charge is 2.24. The van der Waals surface area contributed by atoms with E-state index in [1.54, 1.807) is 18.2 Å². The van der Waals surface area contributed by atoms with Crippen molar-refractivity contribution >= 4 is 16.8 Å². The molecule has 0 saturated carbocycles. The summed E-state index contributed by atoms with van der Waals surface area (Å²) in [5.41, 5.74) is 0.330. The maximum Gasteiger partial charge on any atom is 0.268 e. The molecule has 0 aliphatic rings. The highest BCUT2D eigenvalue weighted by Crippen LogP contribution is 2.36. The zero-order valence-corrected chi connectivity index (χ0v) is 17.1. The van der Waals surface area contributed by atoms with E-state index in [1.165, 1.54) is 18.8 Å². The Balaban J connectivity index is 2.17. The number of nitrogens with one attached hydrogen (secondary N) is 1. The second kappa shape index (κ2) is 8.73. The molecule has 0 bridgehead atoms. The van der Waals surface area contributed by atoms with Gasteiger partial charge in [-0.1, -0.05) is 36.4 Å². The van der Waals surface area contributed by atoms with Gasteiger partial charge in [-0.15, -0.1) is 6.58 Å². The summed E-state index contributed by atoms with van der Waals surface area (Å²) in [6.45, 7) is 5.65. The first-order valence-corrected chi connectivity index (χ1v) is 9.41. The van der Waals surface area contributed by atoms with Gasteiger partial charge in [0.15, 0.2) is 11.5 Å². The number of aromatic hydroxyl groups is 1. The number of carbonyl (C=O) groups excluding carboxylic acids is 1. The lowest BCUT2D eigenvalue weighted by molar-refractivity contribution is 0.0935. The van der Waals surface area contributed by atoms with E-state index in [-0.39, 0.29) is 18.2 Å². The summed E-state index contributed by atoms with van der Waals surface area (Å²) in [6.07, 6.45) is 1.54. The van der Waals surface area contributed by atoms with Gasteiger partial charge in [-0.2, -0.15) is 0 Å². The Morgan fingerprint density at radius 2 is 1.83 bits per heavy atom. The molecule has 0 aliphatic carbocycles. The van der Waals surface area contributed by atoms with Crippen molar-refractivity contribution in [3.63, 3.8) is 0 Å². The molecule has 1 atom stereocenters. The number of rotatable bonds is 7. The molecule has 2 aromatic carbocycles. The van der Waals surface area contributed by atoms with Gasteiger partial charge in [-0.3, -0.25) is 9.59 Å². The topological polar surface area (TPSA) is 89.8 Å². The van der Waals surface area contributed by atoms with Crippen LogP contribution in [0.1, 0.15) is 28.9 Å². The van der Waals surface area contributed by atoms with Crippen molar-refractivity contribution in [2.45, 2.75) is 19.5 Å². The van der Waals surface area contributed by atoms with Crippen LogP contribution in [0.15, 0.2) is 59.9 Å². The minimum absolute atomic E-state index is 0.152. The van der Waals surface area contributed by atoms with Crippen molar-refractivity contribution in [3.8, 4) is 17.2 Å². The normalized spacial score (nSPS) is 11.7. The van der Waals surface area contributed by atoms with Crippen molar-refractivity contribution in [1.82, 2.24) is 9.88 Å². The third kappa shape index (κ3) is 3.74.